The lowest BCUT2D eigenvalue weighted by atomic mass is 10.2. The molecule has 1 heterocycles. The maximum Gasteiger partial charge on any atom is 0.271 e. The summed E-state index contributed by atoms with van der Waals surface area (Å²) in [6.07, 6.45) is 0.0630. The van der Waals surface area contributed by atoms with Gasteiger partial charge in [-0.15, -0.1) is 11.8 Å². The molecule has 0 unspecified atom stereocenters. The maximum absolute atomic E-state index is 12.1. The first-order valence-corrected chi connectivity index (χ1v) is 9.28. The number of halogens is 1. The van der Waals surface area contributed by atoms with E-state index in [-0.39, 0.29) is 24.4 Å². The van der Waals surface area contributed by atoms with Crippen molar-refractivity contribution in [2.45, 2.75) is 11.3 Å². The fourth-order valence-electron chi connectivity index (χ4n) is 2.51. The van der Waals surface area contributed by atoms with Crippen molar-refractivity contribution in [1.29, 1.82) is 0 Å². The molecule has 2 aromatic carbocycles. The van der Waals surface area contributed by atoms with Gasteiger partial charge in [-0.25, -0.2) is 0 Å². The van der Waals surface area contributed by atoms with Gasteiger partial charge in [0.1, 0.15) is 0 Å². The highest BCUT2D eigenvalue weighted by Gasteiger charge is 2.24. The average Bonchev–Trinajstić information content (AvgIpc) is 2.65. The van der Waals surface area contributed by atoms with Gasteiger partial charge >= 0.3 is 0 Å². The zero-order valence-electron chi connectivity index (χ0n) is 13.7. The first kappa shape index (κ1) is 18.3. The smallest absolute Gasteiger partial charge is 0.271 e. The summed E-state index contributed by atoms with van der Waals surface area (Å²) in [5.41, 5.74) is 5.75. The van der Waals surface area contributed by atoms with E-state index in [1.165, 1.54) is 11.8 Å². The molecule has 8 heteroatoms. The highest BCUT2D eigenvalue weighted by molar-refractivity contribution is 8.00. The van der Waals surface area contributed by atoms with E-state index < -0.39 is 11.8 Å². The van der Waals surface area contributed by atoms with E-state index in [1.54, 1.807) is 29.2 Å². The molecule has 26 heavy (non-hydrogen) atoms. The number of hydrazine groups is 1. The minimum atomic E-state index is -0.500. The molecule has 134 valence electrons. The molecule has 0 spiro atoms. The molecule has 2 N–H and O–H groups in total. The highest BCUT2D eigenvalue weighted by atomic mass is 35.5. The van der Waals surface area contributed by atoms with Gasteiger partial charge in [-0.3, -0.25) is 25.2 Å². The largest absolute Gasteiger partial charge is 0.310 e. The minimum Gasteiger partial charge on any atom is -0.310 e. The van der Waals surface area contributed by atoms with Crippen LogP contribution in [0.1, 0.15) is 16.8 Å². The van der Waals surface area contributed by atoms with E-state index in [4.69, 9.17) is 11.6 Å². The molecule has 3 rings (SSSR count). The zero-order chi connectivity index (χ0) is 18.5. The Kier molecular flexibility index (Phi) is 5.80. The van der Waals surface area contributed by atoms with Crippen molar-refractivity contribution < 1.29 is 14.4 Å². The maximum atomic E-state index is 12.1. The number of para-hydroxylation sites is 1. The van der Waals surface area contributed by atoms with Crippen LogP contribution in [0.4, 0.5) is 5.69 Å². The van der Waals surface area contributed by atoms with Crippen molar-refractivity contribution in [1.82, 2.24) is 10.9 Å². The number of fused-ring (bicyclic) bond motifs is 1. The van der Waals surface area contributed by atoms with Crippen molar-refractivity contribution in [3.8, 4) is 0 Å². The third-order valence-electron chi connectivity index (χ3n) is 3.80. The number of carbonyl (C=O) groups is 3. The third-order valence-corrected chi connectivity index (χ3v) is 5.18. The molecule has 3 amide bonds. The second-order valence-corrected chi connectivity index (χ2v) is 6.96. The number of nitrogens with one attached hydrogen (secondary N) is 2. The van der Waals surface area contributed by atoms with Gasteiger partial charge in [0.05, 0.1) is 22.0 Å². The summed E-state index contributed by atoms with van der Waals surface area (Å²) in [7, 11) is 0. The van der Waals surface area contributed by atoms with Crippen LogP contribution < -0.4 is 15.8 Å². The number of hydrogen-bond donors (Lipinski definition) is 2. The fraction of sp³-hybridized carbons (Fsp3) is 0.167. The molecule has 0 saturated carbocycles. The molecular formula is C18H16ClN3O3S. The van der Waals surface area contributed by atoms with Gasteiger partial charge < -0.3 is 4.90 Å². The van der Waals surface area contributed by atoms with Crippen LogP contribution in [0.2, 0.25) is 5.02 Å². The first-order valence-electron chi connectivity index (χ1n) is 7.92. The summed E-state index contributed by atoms with van der Waals surface area (Å²) in [5.74, 6) is -0.586. The Bertz CT molecular complexity index is 859. The first-order chi connectivity index (χ1) is 12.6. The van der Waals surface area contributed by atoms with Crippen LogP contribution in [-0.4, -0.2) is 30.0 Å². The number of rotatable bonds is 4. The van der Waals surface area contributed by atoms with Crippen LogP contribution in [0.3, 0.4) is 0 Å². The number of hydrogen-bond acceptors (Lipinski definition) is 4. The van der Waals surface area contributed by atoms with E-state index >= 15 is 0 Å². The highest BCUT2D eigenvalue weighted by Crippen LogP contribution is 2.34. The number of anilines is 1. The van der Waals surface area contributed by atoms with Crippen molar-refractivity contribution in [2.75, 3.05) is 17.2 Å². The summed E-state index contributed by atoms with van der Waals surface area (Å²) < 4.78 is 0. The topological polar surface area (TPSA) is 78.5 Å². The number of thioether (sulfide) groups is 1. The second-order valence-electron chi connectivity index (χ2n) is 5.53. The van der Waals surface area contributed by atoms with Gasteiger partial charge in [-0.2, -0.15) is 0 Å². The molecule has 0 radical (unpaired) electrons. The van der Waals surface area contributed by atoms with Crippen LogP contribution >= 0.6 is 23.4 Å². The van der Waals surface area contributed by atoms with Crippen LogP contribution in [0, 0.1) is 0 Å². The molecule has 0 aromatic heterocycles. The van der Waals surface area contributed by atoms with Gasteiger partial charge in [0, 0.05) is 17.9 Å². The van der Waals surface area contributed by atoms with Crippen molar-refractivity contribution in [3.63, 3.8) is 0 Å². The van der Waals surface area contributed by atoms with Gasteiger partial charge in [-0.05, 0) is 24.3 Å². The Labute approximate surface area is 159 Å². The standard InChI is InChI=1S/C18H16ClN3O3S/c19-13-6-2-1-5-12(13)18(25)21-20-16(23)9-10-22-14-7-3-4-8-15(14)26-11-17(22)24/h1-8H,9-11H2,(H,20,23)(H,21,25). The third kappa shape index (κ3) is 4.17. The van der Waals surface area contributed by atoms with Crippen molar-refractivity contribution in [3.05, 3.63) is 59.1 Å². The Morgan fingerprint density at radius 2 is 1.81 bits per heavy atom. The fourth-order valence-corrected chi connectivity index (χ4v) is 3.67. The van der Waals surface area contributed by atoms with Crippen LogP contribution in [0.25, 0.3) is 0 Å². The SMILES string of the molecule is O=C(CCN1C(=O)CSc2ccccc21)NNC(=O)c1ccccc1Cl. The quantitative estimate of drug-likeness (QED) is 0.788. The van der Waals surface area contributed by atoms with Gasteiger partial charge in [0.25, 0.3) is 5.91 Å². The van der Waals surface area contributed by atoms with Crippen LogP contribution in [0.15, 0.2) is 53.4 Å². The van der Waals surface area contributed by atoms with Gasteiger partial charge in [0.15, 0.2) is 0 Å². The molecule has 0 saturated heterocycles. The predicted molar refractivity (Wildman–Crippen MR) is 101 cm³/mol. The van der Waals surface area contributed by atoms with E-state index in [1.807, 2.05) is 24.3 Å². The minimum absolute atomic E-state index is 0.0402. The lowest BCUT2D eigenvalue weighted by molar-refractivity contribution is -0.121. The Balaban J connectivity index is 1.54. The van der Waals surface area contributed by atoms with E-state index in [9.17, 15) is 14.4 Å². The second kappa shape index (κ2) is 8.25. The van der Waals surface area contributed by atoms with Gasteiger partial charge in [-0.1, -0.05) is 35.9 Å². The molecule has 1 aliphatic heterocycles. The van der Waals surface area contributed by atoms with Crippen LogP contribution in [-0.2, 0) is 9.59 Å². The molecule has 1 aliphatic rings. The van der Waals surface area contributed by atoms with Crippen LogP contribution in [0.5, 0.6) is 0 Å². The Morgan fingerprint density at radius 1 is 1.08 bits per heavy atom. The molecule has 0 aliphatic carbocycles. The normalized spacial score (nSPS) is 13.1. The van der Waals surface area contributed by atoms with Crippen molar-refractivity contribution in [2.24, 2.45) is 0 Å². The van der Waals surface area contributed by atoms with E-state index in [0.29, 0.717) is 10.8 Å². The Morgan fingerprint density at radius 3 is 2.62 bits per heavy atom. The molecule has 0 atom stereocenters. The summed E-state index contributed by atoms with van der Waals surface area (Å²) in [6.45, 7) is 0.240. The number of carbonyl (C=O) groups excluding carboxylic acids is 3. The summed E-state index contributed by atoms with van der Waals surface area (Å²) in [4.78, 5) is 38.8. The Hall–Kier alpha value is -2.51. The molecule has 2 aromatic rings. The monoisotopic (exact) mass is 389 g/mol. The lowest BCUT2D eigenvalue weighted by Crippen LogP contribution is -2.44. The van der Waals surface area contributed by atoms with E-state index in [2.05, 4.69) is 10.9 Å². The van der Waals surface area contributed by atoms with E-state index in [0.717, 1.165) is 10.6 Å². The number of nitrogens with zero attached hydrogens (tertiary/aromatic N) is 1. The molecule has 0 bridgehead atoms. The summed E-state index contributed by atoms with van der Waals surface area (Å²) in [5, 5.41) is 0.298. The summed E-state index contributed by atoms with van der Waals surface area (Å²) in [6, 6.07) is 14.1. The molecule has 0 fully saturated rings. The number of benzene rings is 2. The molecular weight excluding hydrogens is 374 g/mol. The predicted octanol–water partition coefficient (Wildman–Crippen LogP) is 2.63. The zero-order valence-corrected chi connectivity index (χ0v) is 15.3. The lowest BCUT2D eigenvalue weighted by Gasteiger charge is -2.28. The number of amides is 3. The van der Waals surface area contributed by atoms with Gasteiger partial charge in [0.2, 0.25) is 11.8 Å². The van der Waals surface area contributed by atoms with Crippen molar-refractivity contribution >= 4 is 46.8 Å². The summed E-state index contributed by atoms with van der Waals surface area (Å²) >= 11 is 7.43. The average molecular weight is 390 g/mol. The molecule has 6 nitrogen and oxygen atoms in total.